The second-order valence-electron chi connectivity index (χ2n) is 22.4. The van der Waals surface area contributed by atoms with Crippen LogP contribution in [0.5, 0.6) is 0 Å². The molecular weight excluding hydrogens is 777 g/mol. The van der Waals surface area contributed by atoms with Crippen molar-refractivity contribution in [1.82, 2.24) is 9.97 Å². The maximum Gasteiger partial charge on any atom is 0.0974 e. The molecule has 326 valence electrons. The van der Waals surface area contributed by atoms with E-state index in [-0.39, 0.29) is 39.3 Å². The highest BCUT2D eigenvalue weighted by Crippen LogP contribution is 2.71. The number of hydrogen-bond donors (Lipinski definition) is 1. The minimum Gasteiger partial charge on any atom is -0.393 e. The summed E-state index contributed by atoms with van der Waals surface area (Å²) in [7, 11) is 1.87. The zero-order valence-electron chi connectivity index (χ0n) is 37.6. The smallest absolute Gasteiger partial charge is 0.0974 e. The molecule has 12 atom stereocenters. The fourth-order valence-corrected chi connectivity index (χ4v) is 16.7. The summed E-state index contributed by atoms with van der Waals surface area (Å²) in [5.41, 5.74) is 8.88. The molecule has 6 heteroatoms. The van der Waals surface area contributed by atoms with Crippen LogP contribution in [0.25, 0.3) is 21.5 Å². The van der Waals surface area contributed by atoms with Gasteiger partial charge in [0.05, 0.1) is 34.6 Å². The maximum absolute atomic E-state index is 10.4. The molecule has 1 N–H and O–H groups in total. The fourth-order valence-electron chi connectivity index (χ4n) is 16.7. The Hall–Kier alpha value is -3.94. The lowest BCUT2D eigenvalue weighted by Gasteiger charge is -2.54. The van der Waals surface area contributed by atoms with Crippen LogP contribution >= 0.6 is 0 Å². The highest BCUT2D eigenvalue weighted by Gasteiger charge is 2.68. The first-order valence-electron chi connectivity index (χ1n) is 24.7. The van der Waals surface area contributed by atoms with Crippen molar-refractivity contribution in [2.75, 3.05) is 7.11 Å². The molecule has 63 heavy (non-hydrogen) atoms. The van der Waals surface area contributed by atoms with Crippen LogP contribution in [0.4, 0.5) is 0 Å². The summed E-state index contributed by atoms with van der Waals surface area (Å²) >= 11 is 0. The van der Waals surface area contributed by atoms with E-state index < -0.39 is 0 Å². The third-order valence-corrected chi connectivity index (χ3v) is 19.8. The predicted molar refractivity (Wildman–Crippen MR) is 248 cm³/mol. The third-order valence-electron chi connectivity index (χ3n) is 19.8. The molecule has 10 aliphatic rings. The number of rotatable bonds is 3. The zero-order chi connectivity index (χ0) is 42.4. The standard InChI is InChI=1S/C29H33NO2.C28H31NO2/c1-27-11-9-23-16-22-5-6-24(31-2)17-28(22)12-13-29(23,32-28)26(27)8-7-25(27)20-4-3-19-10-14-30-18-21(19)15-20;1-26-10-8-22-15-21-4-5-23(30)16-27(21)11-12-28(22,31-27)25(26)7-6-24(26)19-3-2-18-9-13-29-17-20(18)14-19/h3-4,9-10,14-16,18,24-26H,5-8,11-13,17H2,1-2H3;2-3,8-9,13-15,17,23-25,30H,4-7,10-12,16H2,1H3/t24-,25-,26-,27-,28?,29-;23-,24-,25-,26-,27?,28-/m11/s1. The molecule has 2 aromatic carbocycles. The molecule has 2 aromatic heterocycles. The minimum atomic E-state index is -0.213. The summed E-state index contributed by atoms with van der Waals surface area (Å²) in [6.07, 6.45) is 35.8. The molecule has 4 aliphatic heterocycles. The number of aromatic nitrogens is 2. The number of fused-ring (bicyclic) bond motifs is 4. The van der Waals surface area contributed by atoms with Crippen molar-refractivity contribution in [3.8, 4) is 0 Å². The molecule has 4 saturated carbocycles. The Morgan fingerprint density at radius 3 is 1.67 bits per heavy atom. The van der Waals surface area contributed by atoms with E-state index in [0.717, 1.165) is 70.6 Å². The van der Waals surface area contributed by atoms with E-state index in [2.05, 4.69) is 96.7 Å². The lowest BCUT2D eigenvalue weighted by Crippen LogP contribution is -2.54. The molecular formula is C57H64N2O4. The fraction of sp³-hybridized carbons (Fsp3) is 0.544. The summed E-state index contributed by atoms with van der Waals surface area (Å²) in [4.78, 5) is 8.72. The number of nitrogens with zero attached hydrogens (tertiary/aromatic N) is 2. The molecule has 2 unspecified atom stereocenters. The van der Waals surface area contributed by atoms with Crippen LogP contribution in [0.1, 0.15) is 140 Å². The van der Waals surface area contributed by atoms with Gasteiger partial charge in [0.15, 0.2) is 0 Å². The van der Waals surface area contributed by atoms with Crippen LogP contribution < -0.4 is 0 Å². The van der Waals surface area contributed by atoms with Gasteiger partial charge in [0.1, 0.15) is 0 Å². The first-order valence-corrected chi connectivity index (χ1v) is 24.7. The molecule has 4 bridgehead atoms. The predicted octanol–water partition coefficient (Wildman–Crippen LogP) is 12.3. The average molecular weight is 841 g/mol. The van der Waals surface area contributed by atoms with Crippen LogP contribution in [0.15, 0.2) is 120 Å². The van der Waals surface area contributed by atoms with E-state index in [1.807, 2.05) is 31.9 Å². The molecule has 6 fully saturated rings. The molecule has 4 aromatic rings. The Balaban J connectivity index is 0.000000128. The molecule has 14 rings (SSSR count). The van der Waals surface area contributed by atoms with E-state index in [1.54, 1.807) is 5.57 Å². The summed E-state index contributed by atoms with van der Waals surface area (Å²) < 4.78 is 20.3. The van der Waals surface area contributed by atoms with Crippen molar-refractivity contribution in [1.29, 1.82) is 0 Å². The van der Waals surface area contributed by atoms with Gasteiger partial charge in [-0.1, -0.05) is 62.4 Å². The highest BCUT2D eigenvalue weighted by atomic mass is 16.5. The number of aliphatic hydroxyl groups excluding tert-OH is 1. The van der Waals surface area contributed by atoms with Gasteiger partial charge in [0.25, 0.3) is 0 Å². The SMILES string of the molecule is CO[C@@H]1CCC2=CC3=CC[C@]4(C)[C@@H](c5ccc6ccncc6c5)CC[C@H]4[C@@]34CCC2(C1)O4.C[C@]12CC=C3C=C4CC[C@@H](O)CC45CC[C@]3(O5)[C@@H]1CC[C@@H]2c1ccc2ccncc2c1. The molecule has 6 nitrogen and oxygen atoms in total. The number of hydrogen-bond acceptors (Lipinski definition) is 6. The molecule has 6 aliphatic carbocycles. The van der Waals surface area contributed by atoms with Crippen molar-refractivity contribution >= 4 is 21.5 Å². The van der Waals surface area contributed by atoms with E-state index in [4.69, 9.17) is 14.2 Å². The van der Waals surface area contributed by atoms with Crippen LogP contribution in [0, 0.1) is 22.7 Å². The van der Waals surface area contributed by atoms with Gasteiger partial charge in [-0.15, -0.1) is 0 Å². The number of pyridine rings is 2. The summed E-state index contributed by atoms with van der Waals surface area (Å²) in [6.45, 7) is 5.07. The number of methoxy groups -OCH3 is 1. The largest absolute Gasteiger partial charge is 0.393 e. The highest BCUT2D eigenvalue weighted by molar-refractivity contribution is 5.83. The van der Waals surface area contributed by atoms with Gasteiger partial charge < -0.3 is 19.3 Å². The van der Waals surface area contributed by atoms with Gasteiger partial charge in [-0.05, 0) is 193 Å². The molecule has 0 amide bonds. The maximum atomic E-state index is 10.4. The van der Waals surface area contributed by atoms with Gasteiger partial charge in [-0.25, -0.2) is 0 Å². The lowest BCUT2D eigenvalue weighted by molar-refractivity contribution is -0.147. The zero-order valence-corrected chi connectivity index (χ0v) is 37.6. The van der Waals surface area contributed by atoms with Gasteiger partial charge in [0, 0.05) is 55.5 Å². The molecule has 2 saturated heterocycles. The van der Waals surface area contributed by atoms with E-state index in [0.29, 0.717) is 29.8 Å². The van der Waals surface area contributed by atoms with Crippen LogP contribution in [-0.2, 0) is 14.2 Å². The number of allylic oxidation sites excluding steroid dienone is 2. The number of benzene rings is 2. The Bertz CT molecular complexity index is 2680. The van der Waals surface area contributed by atoms with E-state index in [1.165, 1.54) is 81.5 Å². The third kappa shape index (κ3) is 5.50. The summed E-state index contributed by atoms with van der Waals surface area (Å²) in [6, 6.07) is 18.3. The summed E-state index contributed by atoms with van der Waals surface area (Å²) in [5.74, 6) is 2.26. The molecule has 0 radical (unpaired) electrons. The van der Waals surface area contributed by atoms with E-state index >= 15 is 0 Å². The number of ether oxygens (including phenoxy) is 3. The quantitative estimate of drug-likeness (QED) is 0.221. The van der Waals surface area contributed by atoms with Crippen LogP contribution in [0.3, 0.4) is 0 Å². The first-order chi connectivity index (χ1) is 30.6. The Morgan fingerprint density at radius 1 is 0.603 bits per heavy atom. The van der Waals surface area contributed by atoms with Crippen molar-refractivity contribution in [3.05, 3.63) is 131 Å². The van der Waals surface area contributed by atoms with Gasteiger partial charge in [0.2, 0.25) is 0 Å². The minimum absolute atomic E-state index is 0.0682. The average Bonchev–Trinajstić information content (AvgIpc) is 4.03. The van der Waals surface area contributed by atoms with Gasteiger partial charge >= 0.3 is 0 Å². The van der Waals surface area contributed by atoms with Crippen molar-refractivity contribution < 1.29 is 19.3 Å². The Morgan fingerprint density at radius 2 is 1.13 bits per heavy atom. The second kappa shape index (κ2) is 13.8. The van der Waals surface area contributed by atoms with Gasteiger partial charge in [-0.2, -0.15) is 0 Å². The normalized spacial score (nSPS) is 42.6. The monoisotopic (exact) mass is 840 g/mol. The lowest BCUT2D eigenvalue weighted by atomic mass is 9.58. The van der Waals surface area contributed by atoms with Crippen molar-refractivity contribution in [3.63, 3.8) is 0 Å². The molecule has 6 heterocycles. The van der Waals surface area contributed by atoms with Gasteiger partial charge in [-0.3, -0.25) is 9.97 Å². The first kappa shape index (κ1) is 39.4. The van der Waals surface area contributed by atoms with Crippen LogP contribution in [-0.4, -0.2) is 56.8 Å². The topological polar surface area (TPSA) is 73.7 Å². The summed E-state index contributed by atoms with van der Waals surface area (Å²) in [5, 5.41) is 15.5. The number of aliphatic hydroxyl groups is 1. The Kier molecular flexibility index (Phi) is 8.63. The van der Waals surface area contributed by atoms with Crippen LogP contribution in [0.2, 0.25) is 0 Å². The van der Waals surface area contributed by atoms with Crippen molar-refractivity contribution in [2.45, 2.75) is 163 Å². The Labute approximate surface area is 373 Å². The van der Waals surface area contributed by atoms with Crippen molar-refractivity contribution in [2.24, 2.45) is 22.7 Å². The molecule has 4 spiro atoms. The van der Waals surface area contributed by atoms with E-state index in [9.17, 15) is 5.11 Å². The second-order valence-corrected chi connectivity index (χ2v) is 22.4.